The summed E-state index contributed by atoms with van der Waals surface area (Å²) in [6, 6.07) is 0.496. The molecule has 14 heavy (non-hydrogen) atoms. The number of hydrogen-bond acceptors (Lipinski definition) is 3. The lowest BCUT2D eigenvalue weighted by atomic mass is 9.84. The quantitative estimate of drug-likeness (QED) is 0.676. The van der Waals surface area contributed by atoms with E-state index >= 15 is 0 Å². The van der Waals surface area contributed by atoms with Crippen molar-refractivity contribution in [3.8, 4) is 0 Å². The van der Waals surface area contributed by atoms with Gasteiger partial charge in [-0.15, -0.1) is 0 Å². The largest absolute Gasteiger partial charge is 0.465 e. The molecule has 0 aromatic rings. The molecule has 1 aliphatic carbocycles. The average molecular weight is 197 g/mol. The molecule has 1 aliphatic heterocycles. The van der Waals surface area contributed by atoms with Gasteiger partial charge in [0.15, 0.2) is 0 Å². The van der Waals surface area contributed by atoms with Crippen LogP contribution in [-0.4, -0.2) is 24.7 Å². The number of hydrogen-bond donors (Lipinski definition) is 1. The monoisotopic (exact) mass is 197 g/mol. The van der Waals surface area contributed by atoms with Gasteiger partial charge in [-0.25, -0.2) is 0 Å². The van der Waals surface area contributed by atoms with Gasteiger partial charge in [-0.1, -0.05) is 13.8 Å². The highest BCUT2D eigenvalue weighted by molar-refractivity contribution is 5.77. The van der Waals surface area contributed by atoms with Crippen LogP contribution in [0.1, 0.15) is 27.2 Å². The van der Waals surface area contributed by atoms with Crippen LogP contribution in [0.2, 0.25) is 0 Å². The summed E-state index contributed by atoms with van der Waals surface area (Å²) in [4.78, 5) is 11.6. The van der Waals surface area contributed by atoms with Crippen LogP contribution in [0.15, 0.2) is 0 Å². The van der Waals surface area contributed by atoms with E-state index in [1.165, 1.54) is 0 Å². The summed E-state index contributed by atoms with van der Waals surface area (Å²) in [6.45, 7) is 6.86. The molecule has 0 spiro atoms. The Kier molecular flexibility index (Phi) is 2.52. The smallest absolute Gasteiger partial charge is 0.323 e. The Morgan fingerprint density at radius 1 is 1.43 bits per heavy atom. The Morgan fingerprint density at radius 2 is 2.14 bits per heavy atom. The van der Waals surface area contributed by atoms with Crippen molar-refractivity contribution in [1.82, 2.24) is 5.32 Å². The van der Waals surface area contributed by atoms with Crippen LogP contribution in [0.5, 0.6) is 0 Å². The van der Waals surface area contributed by atoms with E-state index in [2.05, 4.69) is 19.2 Å². The van der Waals surface area contributed by atoms with E-state index in [1.54, 1.807) is 0 Å². The van der Waals surface area contributed by atoms with E-state index in [9.17, 15) is 4.79 Å². The lowest BCUT2D eigenvalue weighted by Crippen LogP contribution is -2.48. The van der Waals surface area contributed by atoms with E-state index < -0.39 is 0 Å². The standard InChI is InChI=1S/C11H19NO2/c1-4-14-11(13)10-8-5-9(12-10)7(3)6(8)2/h6-10,12H,4-5H2,1-3H3/t6-,7+,8+,9+,10+/m1/s1. The van der Waals surface area contributed by atoms with Crippen LogP contribution in [0.3, 0.4) is 0 Å². The van der Waals surface area contributed by atoms with E-state index in [0.29, 0.717) is 30.4 Å². The van der Waals surface area contributed by atoms with Gasteiger partial charge in [0.2, 0.25) is 0 Å². The molecule has 2 bridgehead atoms. The van der Waals surface area contributed by atoms with Gasteiger partial charge in [0.1, 0.15) is 6.04 Å². The molecule has 80 valence electrons. The number of ether oxygens (including phenoxy) is 1. The molecule has 3 nitrogen and oxygen atoms in total. The maximum Gasteiger partial charge on any atom is 0.323 e. The predicted molar refractivity (Wildman–Crippen MR) is 53.8 cm³/mol. The Bertz CT molecular complexity index is 239. The van der Waals surface area contributed by atoms with Crippen LogP contribution in [0.4, 0.5) is 0 Å². The van der Waals surface area contributed by atoms with Gasteiger partial charge >= 0.3 is 5.97 Å². The van der Waals surface area contributed by atoms with Gasteiger partial charge in [-0.05, 0) is 31.1 Å². The second-order valence-corrected chi connectivity index (χ2v) is 4.62. The summed E-state index contributed by atoms with van der Waals surface area (Å²) >= 11 is 0. The Hall–Kier alpha value is -0.570. The minimum absolute atomic E-state index is 0.0360. The Balaban J connectivity index is 2.02. The van der Waals surface area contributed by atoms with Crippen LogP contribution in [-0.2, 0) is 9.53 Å². The van der Waals surface area contributed by atoms with Crippen LogP contribution in [0, 0.1) is 17.8 Å². The lowest BCUT2D eigenvalue weighted by Gasteiger charge is -2.31. The fraction of sp³-hybridized carbons (Fsp3) is 0.909. The van der Waals surface area contributed by atoms with Crippen LogP contribution in [0.25, 0.3) is 0 Å². The average Bonchev–Trinajstić information content (AvgIpc) is 2.68. The maximum absolute atomic E-state index is 11.6. The summed E-state index contributed by atoms with van der Waals surface area (Å²) in [6.07, 6.45) is 1.14. The number of carbonyl (C=O) groups excluding carboxylic acids is 1. The molecule has 5 atom stereocenters. The number of piperidine rings is 1. The fourth-order valence-corrected chi connectivity index (χ4v) is 2.97. The number of carbonyl (C=O) groups is 1. The number of fused-ring (bicyclic) bond motifs is 2. The SMILES string of the molecule is CCOC(=O)[C@H]1N[C@H]2C[C@H]1[C@H](C)[C@@H]2C. The molecular formula is C11H19NO2. The first-order chi connectivity index (χ1) is 6.65. The lowest BCUT2D eigenvalue weighted by molar-refractivity contribution is -0.147. The Labute approximate surface area is 85.2 Å². The third-order valence-corrected chi connectivity index (χ3v) is 4.03. The van der Waals surface area contributed by atoms with Crippen LogP contribution < -0.4 is 5.32 Å². The van der Waals surface area contributed by atoms with Crippen molar-refractivity contribution >= 4 is 5.97 Å². The molecule has 3 heteroatoms. The third kappa shape index (κ3) is 1.34. The summed E-state index contributed by atoms with van der Waals surface area (Å²) in [5.41, 5.74) is 0. The topological polar surface area (TPSA) is 38.3 Å². The Morgan fingerprint density at radius 3 is 2.64 bits per heavy atom. The summed E-state index contributed by atoms with van der Waals surface area (Å²) in [5, 5.41) is 3.38. The first-order valence-corrected chi connectivity index (χ1v) is 5.57. The van der Waals surface area contributed by atoms with E-state index in [1.807, 2.05) is 6.92 Å². The van der Waals surface area contributed by atoms with E-state index in [4.69, 9.17) is 4.74 Å². The zero-order chi connectivity index (χ0) is 10.3. The highest BCUT2D eigenvalue weighted by atomic mass is 16.5. The van der Waals surface area contributed by atoms with Crippen molar-refractivity contribution in [3.05, 3.63) is 0 Å². The number of nitrogens with one attached hydrogen (secondary N) is 1. The normalized spacial score (nSPS) is 45.5. The molecule has 2 fully saturated rings. The molecule has 0 amide bonds. The highest BCUT2D eigenvalue weighted by Crippen LogP contribution is 2.44. The first-order valence-electron chi connectivity index (χ1n) is 5.57. The highest BCUT2D eigenvalue weighted by Gasteiger charge is 2.51. The molecule has 1 saturated carbocycles. The van der Waals surface area contributed by atoms with Crippen molar-refractivity contribution in [2.45, 2.75) is 39.3 Å². The molecular weight excluding hydrogens is 178 g/mol. The molecule has 0 aromatic heterocycles. The molecule has 0 aromatic carbocycles. The third-order valence-electron chi connectivity index (χ3n) is 4.03. The second-order valence-electron chi connectivity index (χ2n) is 4.62. The molecule has 1 saturated heterocycles. The van der Waals surface area contributed by atoms with Crippen molar-refractivity contribution in [2.75, 3.05) is 6.61 Å². The summed E-state index contributed by atoms with van der Waals surface area (Å²) < 4.78 is 5.06. The zero-order valence-electron chi connectivity index (χ0n) is 9.12. The molecule has 1 N–H and O–H groups in total. The first kappa shape index (κ1) is 9.97. The van der Waals surface area contributed by atoms with Gasteiger partial charge in [0, 0.05) is 6.04 Å². The van der Waals surface area contributed by atoms with E-state index in [-0.39, 0.29) is 12.0 Å². The summed E-state index contributed by atoms with van der Waals surface area (Å²) in [5.74, 6) is 1.79. The van der Waals surface area contributed by atoms with Gasteiger partial charge in [0.25, 0.3) is 0 Å². The molecule has 2 rings (SSSR count). The minimum atomic E-state index is -0.0567. The zero-order valence-corrected chi connectivity index (χ0v) is 9.12. The molecule has 2 aliphatic rings. The number of esters is 1. The summed E-state index contributed by atoms with van der Waals surface area (Å²) in [7, 11) is 0. The molecule has 0 radical (unpaired) electrons. The molecule has 0 unspecified atom stereocenters. The van der Waals surface area contributed by atoms with Gasteiger partial charge in [0.05, 0.1) is 6.61 Å². The van der Waals surface area contributed by atoms with Crippen molar-refractivity contribution in [2.24, 2.45) is 17.8 Å². The number of rotatable bonds is 2. The van der Waals surface area contributed by atoms with Gasteiger partial charge < -0.3 is 10.1 Å². The minimum Gasteiger partial charge on any atom is -0.465 e. The van der Waals surface area contributed by atoms with Crippen molar-refractivity contribution in [3.63, 3.8) is 0 Å². The van der Waals surface area contributed by atoms with Gasteiger partial charge in [-0.3, -0.25) is 4.79 Å². The van der Waals surface area contributed by atoms with E-state index in [0.717, 1.165) is 6.42 Å². The van der Waals surface area contributed by atoms with Crippen molar-refractivity contribution < 1.29 is 9.53 Å². The second kappa shape index (κ2) is 3.54. The molecule has 1 heterocycles. The predicted octanol–water partition coefficient (Wildman–Crippen LogP) is 1.18. The fourth-order valence-electron chi connectivity index (χ4n) is 2.97. The maximum atomic E-state index is 11.6. The van der Waals surface area contributed by atoms with Crippen molar-refractivity contribution in [1.29, 1.82) is 0 Å². The van der Waals surface area contributed by atoms with Crippen LogP contribution >= 0.6 is 0 Å². The van der Waals surface area contributed by atoms with Gasteiger partial charge in [-0.2, -0.15) is 0 Å².